The van der Waals surface area contributed by atoms with Gasteiger partial charge in [-0.1, -0.05) is 84.4 Å². The fraction of sp³-hybridized carbons (Fsp3) is 0.186. The number of carbonyl (C=O) groups is 2. The number of nitrogens with zero attached hydrogens (tertiary/aromatic N) is 1. The van der Waals surface area contributed by atoms with Crippen LogP contribution in [0.3, 0.4) is 0 Å². The maximum atomic E-state index is 13.8. The predicted octanol–water partition coefficient (Wildman–Crippen LogP) is 7.18. The van der Waals surface area contributed by atoms with Crippen LogP contribution in [0, 0.1) is 0 Å². The molecule has 11 nitrogen and oxygen atoms in total. The number of halogens is 1. The lowest BCUT2D eigenvalue weighted by molar-refractivity contribution is 0.0740. The Morgan fingerprint density at radius 3 is 2.31 bits per heavy atom. The quantitative estimate of drug-likeness (QED) is 0.0565. The van der Waals surface area contributed by atoms with Crippen molar-refractivity contribution in [2.45, 2.75) is 31.7 Å². The highest BCUT2D eigenvalue weighted by atomic mass is 35.5. The molecular formula is C43H41ClN4O7. The van der Waals surface area contributed by atoms with Gasteiger partial charge < -0.3 is 40.6 Å². The van der Waals surface area contributed by atoms with Crippen molar-refractivity contribution >= 4 is 34.5 Å². The number of carboxylic acid groups (broad SMARTS) is 1. The van der Waals surface area contributed by atoms with Crippen LogP contribution >= 0.6 is 11.6 Å². The van der Waals surface area contributed by atoms with Gasteiger partial charge >= 0.3 is 6.09 Å². The van der Waals surface area contributed by atoms with Crippen LogP contribution in [0.2, 0.25) is 5.02 Å². The Bertz CT molecular complexity index is 2280. The normalized spacial score (nSPS) is 12.2. The minimum atomic E-state index is -1.13. The van der Waals surface area contributed by atoms with Gasteiger partial charge in [0.25, 0.3) is 5.91 Å². The molecule has 2 amide bonds. The standard InChI is InChI=1S/C43H41ClN4O7/c44-33-16-12-28(13-17-33)26-48(23-5-22-45-25-38(50)35-18-20-37(49)41-36(35)19-21-39(51)46-41)42(52)31-14-10-29(11-15-31)27-55-34-9-4-8-32(24-34)40(47-43(53)54)30-6-2-1-3-7-30/h1-4,6-21,24,38,40,45,47,49-50H,5,22-23,25-27H2,(H,46,51)(H,53,54)/t38-,40?/m1/s1. The van der Waals surface area contributed by atoms with Gasteiger partial charge in [0.2, 0.25) is 5.56 Å². The Morgan fingerprint density at radius 1 is 0.836 bits per heavy atom. The summed E-state index contributed by atoms with van der Waals surface area (Å²) in [5.41, 5.74) is 4.35. The van der Waals surface area contributed by atoms with Crippen molar-refractivity contribution in [1.29, 1.82) is 0 Å². The van der Waals surface area contributed by atoms with Crippen LogP contribution in [0.15, 0.2) is 132 Å². The minimum Gasteiger partial charge on any atom is -0.506 e. The minimum absolute atomic E-state index is 0.0718. The monoisotopic (exact) mass is 760 g/mol. The largest absolute Gasteiger partial charge is 0.506 e. The Kier molecular flexibility index (Phi) is 12.8. The number of aliphatic hydroxyl groups is 1. The molecule has 1 heterocycles. The number of rotatable bonds is 16. The number of hydrogen-bond donors (Lipinski definition) is 6. The zero-order valence-electron chi connectivity index (χ0n) is 29.8. The van der Waals surface area contributed by atoms with Gasteiger partial charge in [0.05, 0.1) is 17.7 Å². The summed E-state index contributed by atoms with van der Waals surface area (Å²) in [5, 5.41) is 37.6. The summed E-state index contributed by atoms with van der Waals surface area (Å²) in [4.78, 5) is 41.6. The van der Waals surface area contributed by atoms with E-state index in [1.165, 1.54) is 12.1 Å². The number of phenolic OH excluding ortho intramolecular Hbond substituents is 1. The Labute approximate surface area is 322 Å². The van der Waals surface area contributed by atoms with Gasteiger partial charge in [-0.25, -0.2) is 4.79 Å². The number of ether oxygens (including phenoxy) is 1. The number of aromatic hydroxyl groups is 1. The second-order valence-electron chi connectivity index (χ2n) is 13.1. The van der Waals surface area contributed by atoms with Gasteiger partial charge in [0, 0.05) is 41.7 Å². The molecule has 282 valence electrons. The SMILES string of the molecule is O=C(O)NC(c1ccccc1)c1cccc(OCc2ccc(C(=O)N(CCCNC[C@@H](O)c3ccc(O)c4[nH]c(=O)ccc34)Cc3ccc(Cl)cc3)cc2)c1. The first-order valence-corrected chi connectivity index (χ1v) is 18.2. The molecule has 0 aliphatic rings. The summed E-state index contributed by atoms with van der Waals surface area (Å²) < 4.78 is 6.08. The molecule has 0 aliphatic carbocycles. The molecule has 2 atom stereocenters. The Balaban J connectivity index is 1.07. The molecule has 6 N–H and O–H groups in total. The van der Waals surface area contributed by atoms with E-state index >= 15 is 0 Å². The third kappa shape index (κ3) is 10.3. The molecule has 0 fully saturated rings. The highest BCUT2D eigenvalue weighted by Crippen LogP contribution is 2.29. The van der Waals surface area contributed by atoms with E-state index in [1.54, 1.807) is 41.3 Å². The van der Waals surface area contributed by atoms with E-state index in [-0.39, 0.29) is 35.9 Å². The van der Waals surface area contributed by atoms with Crippen molar-refractivity contribution in [2.75, 3.05) is 19.6 Å². The van der Waals surface area contributed by atoms with Gasteiger partial charge in [0.15, 0.2) is 0 Å². The number of fused-ring (bicyclic) bond motifs is 1. The lowest BCUT2D eigenvalue weighted by atomic mass is 9.98. The smallest absolute Gasteiger partial charge is 0.405 e. The molecule has 6 rings (SSSR count). The molecule has 55 heavy (non-hydrogen) atoms. The number of carbonyl (C=O) groups excluding carboxylic acids is 1. The maximum absolute atomic E-state index is 13.8. The first-order chi connectivity index (χ1) is 26.6. The van der Waals surface area contributed by atoms with Crippen molar-refractivity contribution in [3.05, 3.63) is 176 Å². The second kappa shape index (κ2) is 18.3. The molecule has 0 spiro atoms. The van der Waals surface area contributed by atoms with Crippen molar-refractivity contribution in [1.82, 2.24) is 20.5 Å². The van der Waals surface area contributed by atoms with Crippen LogP contribution in [0.4, 0.5) is 4.79 Å². The fourth-order valence-corrected chi connectivity index (χ4v) is 6.49. The van der Waals surface area contributed by atoms with Gasteiger partial charge in [-0.2, -0.15) is 0 Å². The molecule has 1 unspecified atom stereocenters. The number of pyridine rings is 1. The molecule has 5 aromatic carbocycles. The van der Waals surface area contributed by atoms with Crippen LogP contribution in [-0.2, 0) is 13.2 Å². The van der Waals surface area contributed by atoms with E-state index in [2.05, 4.69) is 15.6 Å². The first-order valence-electron chi connectivity index (χ1n) is 17.8. The van der Waals surface area contributed by atoms with E-state index in [0.29, 0.717) is 53.3 Å². The van der Waals surface area contributed by atoms with Crippen LogP contribution in [0.5, 0.6) is 11.5 Å². The third-order valence-electron chi connectivity index (χ3n) is 9.16. The van der Waals surface area contributed by atoms with Crippen LogP contribution in [-0.4, -0.2) is 56.8 Å². The second-order valence-corrected chi connectivity index (χ2v) is 13.5. The maximum Gasteiger partial charge on any atom is 0.405 e. The van der Waals surface area contributed by atoms with Gasteiger partial charge in [-0.15, -0.1) is 0 Å². The molecule has 0 bridgehead atoms. The number of amides is 2. The summed E-state index contributed by atoms with van der Waals surface area (Å²) in [5.74, 6) is 0.365. The lowest BCUT2D eigenvalue weighted by Gasteiger charge is -2.24. The topological polar surface area (TPSA) is 164 Å². The van der Waals surface area contributed by atoms with Crippen molar-refractivity contribution < 1.29 is 29.6 Å². The molecule has 0 saturated heterocycles. The van der Waals surface area contributed by atoms with Crippen LogP contribution < -0.4 is 20.9 Å². The van der Waals surface area contributed by atoms with E-state index in [4.69, 9.17) is 16.3 Å². The summed E-state index contributed by atoms with van der Waals surface area (Å²) in [7, 11) is 0. The molecule has 0 aliphatic heterocycles. The van der Waals surface area contributed by atoms with Crippen LogP contribution in [0.25, 0.3) is 10.9 Å². The predicted molar refractivity (Wildman–Crippen MR) is 212 cm³/mol. The first kappa shape index (κ1) is 38.6. The number of phenols is 1. The highest BCUT2D eigenvalue weighted by Gasteiger charge is 2.19. The Hall–Kier alpha value is -6.14. The highest BCUT2D eigenvalue weighted by molar-refractivity contribution is 6.30. The zero-order valence-corrected chi connectivity index (χ0v) is 30.6. The summed E-state index contributed by atoms with van der Waals surface area (Å²) >= 11 is 6.11. The van der Waals surface area contributed by atoms with Crippen molar-refractivity contribution in [2.24, 2.45) is 0 Å². The lowest BCUT2D eigenvalue weighted by Crippen LogP contribution is -2.33. The molecule has 0 saturated carbocycles. The van der Waals surface area contributed by atoms with E-state index < -0.39 is 18.2 Å². The third-order valence-corrected chi connectivity index (χ3v) is 9.41. The molecule has 1 aromatic heterocycles. The average molecular weight is 761 g/mol. The van der Waals surface area contributed by atoms with E-state index in [1.807, 2.05) is 78.9 Å². The zero-order chi connectivity index (χ0) is 38.7. The van der Waals surface area contributed by atoms with E-state index in [9.17, 15) is 29.7 Å². The average Bonchev–Trinajstić information content (AvgIpc) is 3.20. The number of H-pyrrole nitrogens is 1. The summed E-state index contributed by atoms with van der Waals surface area (Å²) in [6.45, 7) is 1.80. The van der Waals surface area contributed by atoms with Crippen molar-refractivity contribution in [3.8, 4) is 11.5 Å². The number of nitrogens with one attached hydrogen (secondary N) is 3. The fourth-order valence-electron chi connectivity index (χ4n) is 6.36. The number of aromatic amines is 1. The molecular weight excluding hydrogens is 720 g/mol. The number of hydrogen-bond acceptors (Lipinski definition) is 7. The molecule has 12 heteroatoms. The van der Waals surface area contributed by atoms with Gasteiger partial charge in [-0.05, 0) is 89.3 Å². The van der Waals surface area contributed by atoms with Crippen molar-refractivity contribution in [3.63, 3.8) is 0 Å². The molecule has 6 aromatic rings. The Morgan fingerprint density at radius 2 is 1.56 bits per heavy atom. The molecule has 0 radical (unpaired) electrons. The van der Waals surface area contributed by atoms with Crippen LogP contribution in [0.1, 0.15) is 56.7 Å². The summed E-state index contributed by atoms with van der Waals surface area (Å²) in [6.07, 6.45) is -1.42. The van der Waals surface area contributed by atoms with Gasteiger partial charge in [0.1, 0.15) is 18.1 Å². The summed E-state index contributed by atoms with van der Waals surface area (Å²) in [6, 6.07) is 36.7. The number of aliphatic hydroxyl groups excluding tert-OH is 1. The number of benzene rings is 5. The van der Waals surface area contributed by atoms with E-state index in [0.717, 1.165) is 22.3 Å². The van der Waals surface area contributed by atoms with Gasteiger partial charge in [-0.3, -0.25) is 9.59 Å². The number of aromatic nitrogens is 1.